The SMILES string of the molecule is COc1ccc2c(Oc3ccccc3C(=O)O)c(-c3ccccc3)c(C)cc2c1. The fourth-order valence-electron chi connectivity index (χ4n) is 3.53. The summed E-state index contributed by atoms with van der Waals surface area (Å²) in [7, 11) is 1.63. The van der Waals surface area contributed by atoms with Crippen LogP contribution in [0.3, 0.4) is 0 Å². The molecule has 0 fully saturated rings. The molecule has 0 aliphatic carbocycles. The molecule has 0 radical (unpaired) electrons. The third-order valence-corrected chi connectivity index (χ3v) is 4.89. The molecule has 0 unspecified atom stereocenters. The van der Waals surface area contributed by atoms with E-state index >= 15 is 0 Å². The third kappa shape index (κ3) is 3.52. The quantitative estimate of drug-likeness (QED) is 0.438. The number of para-hydroxylation sites is 1. The first-order chi connectivity index (χ1) is 14.1. The zero-order valence-electron chi connectivity index (χ0n) is 16.2. The number of carboxylic acid groups (broad SMARTS) is 1. The summed E-state index contributed by atoms with van der Waals surface area (Å²) >= 11 is 0. The Labute approximate surface area is 169 Å². The van der Waals surface area contributed by atoms with Gasteiger partial charge in [0.05, 0.1) is 7.11 Å². The highest BCUT2D eigenvalue weighted by Gasteiger charge is 2.18. The van der Waals surface area contributed by atoms with Crippen molar-refractivity contribution in [2.45, 2.75) is 6.92 Å². The Bertz CT molecular complexity index is 1200. The highest BCUT2D eigenvalue weighted by molar-refractivity contribution is 5.98. The van der Waals surface area contributed by atoms with E-state index in [-0.39, 0.29) is 5.56 Å². The van der Waals surface area contributed by atoms with Gasteiger partial charge >= 0.3 is 5.97 Å². The van der Waals surface area contributed by atoms with Gasteiger partial charge in [0.2, 0.25) is 0 Å². The average molecular weight is 384 g/mol. The number of hydrogen-bond donors (Lipinski definition) is 1. The fraction of sp³-hybridized carbons (Fsp3) is 0.0800. The highest BCUT2D eigenvalue weighted by atomic mass is 16.5. The summed E-state index contributed by atoms with van der Waals surface area (Å²) in [6.07, 6.45) is 0. The predicted molar refractivity (Wildman–Crippen MR) is 114 cm³/mol. The van der Waals surface area contributed by atoms with Crippen LogP contribution in [-0.2, 0) is 0 Å². The van der Waals surface area contributed by atoms with Crippen LogP contribution < -0.4 is 9.47 Å². The molecule has 0 saturated carbocycles. The normalized spacial score (nSPS) is 10.7. The molecule has 4 rings (SSSR count). The van der Waals surface area contributed by atoms with Crippen LogP contribution in [0, 0.1) is 6.92 Å². The molecule has 0 atom stereocenters. The molecule has 29 heavy (non-hydrogen) atoms. The molecule has 4 heteroatoms. The predicted octanol–water partition coefficient (Wildman–Crippen LogP) is 6.31. The average Bonchev–Trinajstić information content (AvgIpc) is 2.74. The van der Waals surface area contributed by atoms with E-state index in [2.05, 4.69) is 6.07 Å². The van der Waals surface area contributed by atoms with Gasteiger partial charge in [0.15, 0.2) is 0 Å². The Balaban J connectivity index is 2.00. The zero-order chi connectivity index (χ0) is 20.4. The number of benzene rings is 4. The zero-order valence-corrected chi connectivity index (χ0v) is 16.2. The van der Waals surface area contributed by atoms with E-state index in [1.165, 1.54) is 0 Å². The Kier molecular flexibility index (Phi) is 4.92. The minimum Gasteiger partial charge on any atom is -0.497 e. The Morgan fingerprint density at radius 2 is 1.62 bits per heavy atom. The van der Waals surface area contributed by atoms with Crippen molar-refractivity contribution in [3.05, 3.63) is 90.0 Å². The van der Waals surface area contributed by atoms with Crippen LogP contribution in [0.4, 0.5) is 0 Å². The van der Waals surface area contributed by atoms with E-state index < -0.39 is 5.97 Å². The second kappa shape index (κ2) is 7.68. The van der Waals surface area contributed by atoms with Gasteiger partial charge in [-0.2, -0.15) is 0 Å². The lowest BCUT2D eigenvalue weighted by molar-refractivity contribution is 0.0694. The molecule has 0 heterocycles. The summed E-state index contributed by atoms with van der Waals surface area (Å²) in [6, 6.07) is 24.5. The molecule has 0 aromatic heterocycles. The summed E-state index contributed by atoms with van der Waals surface area (Å²) in [5.41, 5.74) is 3.09. The van der Waals surface area contributed by atoms with Crippen LogP contribution in [0.1, 0.15) is 15.9 Å². The van der Waals surface area contributed by atoms with Crippen LogP contribution in [-0.4, -0.2) is 18.2 Å². The molecule has 0 spiro atoms. The van der Waals surface area contributed by atoms with E-state index in [4.69, 9.17) is 9.47 Å². The fourth-order valence-corrected chi connectivity index (χ4v) is 3.53. The first-order valence-corrected chi connectivity index (χ1v) is 9.25. The number of rotatable bonds is 5. The van der Waals surface area contributed by atoms with Gasteiger partial charge in [-0.1, -0.05) is 48.5 Å². The molecule has 0 bridgehead atoms. The number of methoxy groups -OCH3 is 1. The maximum atomic E-state index is 11.7. The Morgan fingerprint density at radius 3 is 2.34 bits per heavy atom. The van der Waals surface area contributed by atoms with Gasteiger partial charge in [0.1, 0.15) is 22.8 Å². The topological polar surface area (TPSA) is 55.8 Å². The van der Waals surface area contributed by atoms with Crippen LogP contribution >= 0.6 is 0 Å². The van der Waals surface area contributed by atoms with E-state index in [0.717, 1.165) is 33.2 Å². The van der Waals surface area contributed by atoms with E-state index in [0.29, 0.717) is 11.5 Å². The minimum atomic E-state index is -1.03. The molecule has 0 aliphatic heterocycles. The van der Waals surface area contributed by atoms with Gasteiger partial charge in [-0.15, -0.1) is 0 Å². The standard InChI is InChI=1S/C25H20O4/c1-16-14-18-15-19(28-2)12-13-20(18)24(23(16)17-8-4-3-5-9-17)29-22-11-7-6-10-21(22)25(26)27/h3-15H,1-2H3,(H,26,27). The van der Waals surface area contributed by atoms with Crippen LogP contribution in [0.5, 0.6) is 17.2 Å². The van der Waals surface area contributed by atoms with Crippen LogP contribution in [0.2, 0.25) is 0 Å². The van der Waals surface area contributed by atoms with Crippen molar-refractivity contribution in [2.75, 3.05) is 7.11 Å². The molecule has 0 amide bonds. The molecular formula is C25H20O4. The monoisotopic (exact) mass is 384 g/mol. The molecular weight excluding hydrogens is 364 g/mol. The molecule has 4 nitrogen and oxygen atoms in total. The Morgan fingerprint density at radius 1 is 0.897 bits per heavy atom. The number of aromatic carboxylic acids is 1. The van der Waals surface area contributed by atoms with Crippen molar-refractivity contribution in [1.29, 1.82) is 0 Å². The van der Waals surface area contributed by atoms with Crippen LogP contribution in [0.15, 0.2) is 78.9 Å². The van der Waals surface area contributed by atoms with Crippen molar-refractivity contribution in [3.8, 4) is 28.4 Å². The molecule has 4 aromatic carbocycles. The van der Waals surface area contributed by atoms with E-state index in [9.17, 15) is 9.90 Å². The van der Waals surface area contributed by atoms with Gasteiger partial charge in [-0.05, 0) is 53.8 Å². The minimum absolute atomic E-state index is 0.120. The first kappa shape index (κ1) is 18.6. The number of fused-ring (bicyclic) bond motifs is 1. The van der Waals surface area contributed by atoms with Crippen molar-refractivity contribution < 1.29 is 19.4 Å². The maximum absolute atomic E-state index is 11.7. The Hall–Kier alpha value is -3.79. The van der Waals surface area contributed by atoms with Crippen molar-refractivity contribution >= 4 is 16.7 Å². The maximum Gasteiger partial charge on any atom is 0.339 e. The van der Waals surface area contributed by atoms with E-state index in [1.54, 1.807) is 31.4 Å². The van der Waals surface area contributed by atoms with Gasteiger partial charge < -0.3 is 14.6 Å². The largest absolute Gasteiger partial charge is 0.497 e. The summed E-state index contributed by atoms with van der Waals surface area (Å²) in [6.45, 7) is 2.03. The number of aryl methyl sites for hydroxylation is 1. The summed E-state index contributed by atoms with van der Waals surface area (Å²) < 4.78 is 11.7. The molecule has 0 saturated heterocycles. The summed E-state index contributed by atoms with van der Waals surface area (Å²) in [5, 5.41) is 11.4. The second-order valence-corrected chi connectivity index (χ2v) is 6.75. The highest BCUT2D eigenvalue weighted by Crippen LogP contribution is 2.43. The lowest BCUT2D eigenvalue weighted by Crippen LogP contribution is -2.01. The lowest BCUT2D eigenvalue weighted by atomic mass is 9.94. The third-order valence-electron chi connectivity index (χ3n) is 4.89. The second-order valence-electron chi connectivity index (χ2n) is 6.75. The first-order valence-electron chi connectivity index (χ1n) is 9.25. The van der Waals surface area contributed by atoms with Gasteiger partial charge in [0, 0.05) is 10.9 Å². The van der Waals surface area contributed by atoms with Gasteiger partial charge in [0.25, 0.3) is 0 Å². The lowest BCUT2D eigenvalue weighted by Gasteiger charge is -2.18. The smallest absolute Gasteiger partial charge is 0.339 e. The molecule has 144 valence electrons. The van der Waals surface area contributed by atoms with E-state index in [1.807, 2.05) is 55.5 Å². The van der Waals surface area contributed by atoms with Gasteiger partial charge in [-0.3, -0.25) is 0 Å². The number of carbonyl (C=O) groups is 1. The number of carboxylic acids is 1. The summed E-state index contributed by atoms with van der Waals surface area (Å²) in [5.74, 6) is 0.657. The molecule has 1 N–H and O–H groups in total. The summed E-state index contributed by atoms with van der Waals surface area (Å²) in [4.78, 5) is 11.7. The molecule has 4 aromatic rings. The van der Waals surface area contributed by atoms with Crippen LogP contribution in [0.25, 0.3) is 21.9 Å². The van der Waals surface area contributed by atoms with Gasteiger partial charge in [-0.25, -0.2) is 4.79 Å². The number of hydrogen-bond acceptors (Lipinski definition) is 3. The number of ether oxygens (including phenoxy) is 2. The van der Waals surface area contributed by atoms with Crippen molar-refractivity contribution in [3.63, 3.8) is 0 Å². The molecule has 0 aliphatic rings. The van der Waals surface area contributed by atoms with Crippen molar-refractivity contribution in [1.82, 2.24) is 0 Å². The van der Waals surface area contributed by atoms with Crippen molar-refractivity contribution in [2.24, 2.45) is 0 Å².